The van der Waals surface area contributed by atoms with Crippen LogP contribution in [0.3, 0.4) is 0 Å². The van der Waals surface area contributed by atoms with Crippen molar-refractivity contribution in [2.45, 2.75) is 19.7 Å². The average molecular weight is 465 g/mol. The second-order valence-electron chi connectivity index (χ2n) is 4.94. The molecule has 0 amide bonds. The molecule has 0 aliphatic rings. The third-order valence-electron chi connectivity index (χ3n) is 3.16. The van der Waals surface area contributed by atoms with Crippen LogP contribution < -0.4 is 15.4 Å². The third-order valence-corrected chi connectivity index (χ3v) is 3.16. The van der Waals surface area contributed by atoms with Crippen LogP contribution in [0, 0.1) is 5.82 Å². The molecule has 0 bridgehead atoms. The molecule has 0 aliphatic heterocycles. The molecule has 0 aliphatic carbocycles. The van der Waals surface area contributed by atoms with Gasteiger partial charge in [0.15, 0.2) is 5.96 Å². The van der Waals surface area contributed by atoms with E-state index in [0.29, 0.717) is 19.0 Å². The highest BCUT2D eigenvalue weighted by molar-refractivity contribution is 14.0. The molecule has 0 saturated carbocycles. The van der Waals surface area contributed by atoms with Crippen molar-refractivity contribution in [3.63, 3.8) is 0 Å². The first-order valence-electron chi connectivity index (χ1n) is 7.29. The van der Waals surface area contributed by atoms with Gasteiger partial charge in [0.1, 0.15) is 11.6 Å². The lowest BCUT2D eigenvalue weighted by Gasteiger charge is -2.13. The molecular formula is C17H19F3IN3O. The van der Waals surface area contributed by atoms with E-state index < -0.39 is 6.61 Å². The van der Waals surface area contributed by atoms with E-state index in [9.17, 15) is 13.2 Å². The number of hydrogen-bond acceptors (Lipinski definition) is 2. The van der Waals surface area contributed by atoms with E-state index in [0.717, 1.165) is 11.1 Å². The number of aliphatic imine (C=N–C) groups is 1. The SMILES string of the molecule is CN=C(NCc1cccc(F)c1)NCc1cccc(OC(F)F)c1.I. The van der Waals surface area contributed by atoms with Crippen molar-refractivity contribution >= 4 is 29.9 Å². The Morgan fingerprint density at radius 1 is 1.04 bits per heavy atom. The summed E-state index contributed by atoms with van der Waals surface area (Å²) in [6.45, 7) is -2.07. The van der Waals surface area contributed by atoms with Gasteiger partial charge in [0.05, 0.1) is 0 Å². The number of rotatable bonds is 6. The first-order chi connectivity index (χ1) is 11.6. The first kappa shape index (κ1) is 21.1. The summed E-state index contributed by atoms with van der Waals surface area (Å²) in [7, 11) is 1.61. The highest BCUT2D eigenvalue weighted by Crippen LogP contribution is 2.15. The van der Waals surface area contributed by atoms with Crippen molar-refractivity contribution in [2.24, 2.45) is 4.99 Å². The van der Waals surface area contributed by atoms with Gasteiger partial charge in [-0.05, 0) is 35.4 Å². The molecule has 0 spiro atoms. The lowest BCUT2D eigenvalue weighted by molar-refractivity contribution is -0.0498. The molecule has 0 unspecified atom stereocenters. The van der Waals surface area contributed by atoms with Gasteiger partial charge in [-0.1, -0.05) is 24.3 Å². The van der Waals surface area contributed by atoms with Crippen LogP contribution in [-0.2, 0) is 13.1 Å². The largest absolute Gasteiger partial charge is 0.435 e. The van der Waals surface area contributed by atoms with E-state index in [2.05, 4.69) is 20.4 Å². The molecule has 2 aromatic rings. The van der Waals surface area contributed by atoms with Crippen molar-refractivity contribution < 1.29 is 17.9 Å². The minimum Gasteiger partial charge on any atom is -0.435 e. The summed E-state index contributed by atoms with van der Waals surface area (Å²) in [6, 6.07) is 12.7. The van der Waals surface area contributed by atoms with Gasteiger partial charge >= 0.3 is 6.61 Å². The zero-order chi connectivity index (χ0) is 17.4. The van der Waals surface area contributed by atoms with E-state index in [4.69, 9.17) is 0 Å². The maximum atomic E-state index is 13.1. The number of alkyl halides is 2. The first-order valence-corrected chi connectivity index (χ1v) is 7.29. The van der Waals surface area contributed by atoms with Crippen LogP contribution in [0.2, 0.25) is 0 Å². The fourth-order valence-electron chi connectivity index (χ4n) is 2.07. The molecule has 2 rings (SSSR count). The van der Waals surface area contributed by atoms with Crippen LogP contribution in [0.4, 0.5) is 13.2 Å². The molecule has 0 saturated heterocycles. The maximum absolute atomic E-state index is 13.1. The number of nitrogens with zero attached hydrogens (tertiary/aromatic N) is 1. The maximum Gasteiger partial charge on any atom is 0.387 e. The Labute approximate surface area is 161 Å². The number of halogens is 4. The van der Waals surface area contributed by atoms with Crippen LogP contribution in [0.25, 0.3) is 0 Å². The van der Waals surface area contributed by atoms with Gasteiger partial charge in [-0.3, -0.25) is 4.99 Å². The summed E-state index contributed by atoms with van der Waals surface area (Å²) < 4.78 is 41.9. The molecule has 4 nitrogen and oxygen atoms in total. The molecule has 2 aromatic carbocycles. The van der Waals surface area contributed by atoms with Crippen molar-refractivity contribution in [3.8, 4) is 5.75 Å². The number of ether oxygens (including phenoxy) is 1. The van der Waals surface area contributed by atoms with Crippen molar-refractivity contribution in [2.75, 3.05) is 7.05 Å². The Morgan fingerprint density at radius 3 is 2.20 bits per heavy atom. The van der Waals surface area contributed by atoms with Crippen molar-refractivity contribution in [1.29, 1.82) is 0 Å². The fourth-order valence-corrected chi connectivity index (χ4v) is 2.07. The van der Waals surface area contributed by atoms with Crippen LogP contribution in [0.1, 0.15) is 11.1 Å². The lowest BCUT2D eigenvalue weighted by atomic mass is 10.2. The van der Waals surface area contributed by atoms with Crippen molar-refractivity contribution in [1.82, 2.24) is 10.6 Å². The van der Waals surface area contributed by atoms with Crippen molar-refractivity contribution in [3.05, 3.63) is 65.5 Å². The third kappa shape index (κ3) is 7.63. The van der Waals surface area contributed by atoms with Gasteiger partial charge in [-0.25, -0.2) is 4.39 Å². The molecule has 2 N–H and O–H groups in total. The van der Waals surface area contributed by atoms with Gasteiger partial charge in [0.2, 0.25) is 0 Å². The number of guanidine groups is 1. The molecule has 0 radical (unpaired) electrons. The lowest BCUT2D eigenvalue weighted by Crippen LogP contribution is -2.36. The summed E-state index contributed by atoms with van der Waals surface area (Å²) in [6.07, 6.45) is 0. The highest BCUT2D eigenvalue weighted by atomic mass is 127. The van der Waals surface area contributed by atoms with E-state index in [-0.39, 0.29) is 35.5 Å². The minimum absolute atomic E-state index is 0. The van der Waals surface area contributed by atoms with E-state index >= 15 is 0 Å². The standard InChI is InChI=1S/C17H18F3N3O.HI/c1-21-17(22-10-12-4-2-6-14(18)8-12)23-11-13-5-3-7-15(9-13)24-16(19)20;/h2-9,16H,10-11H2,1H3,(H2,21,22,23);1H. The van der Waals surface area contributed by atoms with Crippen LogP contribution in [0.5, 0.6) is 5.75 Å². The van der Waals surface area contributed by atoms with Gasteiger partial charge in [0, 0.05) is 20.1 Å². The predicted octanol–water partition coefficient (Wildman–Crippen LogP) is 3.91. The number of hydrogen-bond donors (Lipinski definition) is 2. The van der Waals surface area contributed by atoms with Gasteiger partial charge in [-0.2, -0.15) is 8.78 Å². The smallest absolute Gasteiger partial charge is 0.387 e. The van der Waals surface area contributed by atoms with Gasteiger partial charge in [0.25, 0.3) is 0 Å². The monoisotopic (exact) mass is 465 g/mol. The Morgan fingerprint density at radius 2 is 1.64 bits per heavy atom. The summed E-state index contributed by atoms with van der Waals surface area (Å²) in [4.78, 5) is 4.06. The summed E-state index contributed by atoms with van der Waals surface area (Å²) in [5.74, 6) is 0.319. The Kier molecular flexibility index (Phi) is 9.11. The average Bonchev–Trinajstić information content (AvgIpc) is 2.55. The zero-order valence-corrected chi connectivity index (χ0v) is 15.8. The normalized spacial score (nSPS) is 11.0. The van der Waals surface area contributed by atoms with E-state index in [1.54, 1.807) is 31.3 Å². The van der Waals surface area contributed by atoms with E-state index in [1.165, 1.54) is 24.3 Å². The molecule has 136 valence electrons. The molecule has 25 heavy (non-hydrogen) atoms. The number of nitrogens with one attached hydrogen (secondary N) is 2. The molecule has 8 heteroatoms. The van der Waals surface area contributed by atoms with E-state index in [1.807, 2.05) is 0 Å². The second-order valence-corrected chi connectivity index (χ2v) is 4.94. The number of benzene rings is 2. The predicted molar refractivity (Wildman–Crippen MR) is 102 cm³/mol. The van der Waals surface area contributed by atoms with Crippen LogP contribution >= 0.6 is 24.0 Å². The van der Waals surface area contributed by atoms with Gasteiger partial charge in [-0.15, -0.1) is 24.0 Å². The summed E-state index contributed by atoms with van der Waals surface area (Å²) in [5.41, 5.74) is 1.55. The molecule has 0 fully saturated rings. The fraction of sp³-hybridized carbons (Fsp3) is 0.235. The minimum atomic E-state index is -2.85. The Bertz CT molecular complexity index is 698. The zero-order valence-electron chi connectivity index (χ0n) is 13.5. The summed E-state index contributed by atoms with van der Waals surface area (Å²) >= 11 is 0. The Hall–Kier alpha value is -1.97. The highest BCUT2D eigenvalue weighted by Gasteiger charge is 2.05. The second kappa shape index (κ2) is 10.8. The molecule has 0 aromatic heterocycles. The van der Waals surface area contributed by atoms with Crippen LogP contribution in [0.15, 0.2) is 53.5 Å². The molecule has 0 atom stereocenters. The Balaban J connectivity index is 0.00000312. The molecule has 0 heterocycles. The topological polar surface area (TPSA) is 45.7 Å². The quantitative estimate of drug-likeness (QED) is 0.387. The summed E-state index contributed by atoms with van der Waals surface area (Å²) in [5, 5.41) is 6.10. The molecular weight excluding hydrogens is 446 g/mol. The van der Waals surface area contributed by atoms with Crippen LogP contribution in [-0.4, -0.2) is 19.6 Å². The van der Waals surface area contributed by atoms with Gasteiger partial charge < -0.3 is 15.4 Å².